The van der Waals surface area contributed by atoms with Crippen molar-refractivity contribution in [3.63, 3.8) is 0 Å². The van der Waals surface area contributed by atoms with E-state index in [9.17, 15) is 0 Å². The molecule has 4 aliphatic rings. The van der Waals surface area contributed by atoms with Crippen molar-refractivity contribution in [3.8, 4) is 0 Å². The van der Waals surface area contributed by atoms with Crippen molar-refractivity contribution in [2.45, 2.75) is 71.3 Å². The summed E-state index contributed by atoms with van der Waals surface area (Å²) in [6, 6.07) is 0. The summed E-state index contributed by atoms with van der Waals surface area (Å²) in [5.74, 6) is 5.23. The van der Waals surface area contributed by atoms with E-state index in [1.807, 2.05) is 0 Å². The van der Waals surface area contributed by atoms with E-state index in [2.05, 4.69) is 77.2 Å². The van der Waals surface area contributed by atoms with Crippen LogP contribution < -0.4 is 0 Å². The molecule has 4 rings (SSSR count). The topological polar surface area (TPSA) is 0 Å². The van der Waals surface area contributed by atoms with Gasteiger partial charge >= 0.3 is 0 Å². The van der Waals surface area contributed by atoms with Crippen LogP contribution in [0, 0.1) is 40.9 Å². The van der Waals surface area contributed by atoms with Crippen LogP contribution in [0.4, 0.5) is 0 Å². The van der Waals surface area contributed by atoms with Gasteiger partial charge in [0.1, 0.15) is 0 Å². The van der Waals surface area contributed by atoms with E-state index < -0.39 is 0 Å². The molecule has 0 bridgehead atoms. The molecule has 24 heavy (non-hydrogen) atoms. The number of hydrogen-bond donors (Lipinski definition) is 0. The molecule has 2 saturated carbocycles. The average molecular weight is 363 g/mol. The predicted molar refractivity (Wildman–Crippen MR) is 110 cm³/mol. The van der Waals surface area contributed by atoms with Crippen LogP contribution in [0.5, 0.6) is 0 Å². The van der Waals surface area contributed by atoms with Crippen LogP contribution in [0.2, 0.25) is 0 Å². The molecule has 134 valence electrons. The fourth-order valence-corrected chi connectivity index (χ4v) is 9.51. The minimum Gasteiger partial charge on any atom is -0.126 e. The van der Waals surface area contributed by atoms with Gasteiger partial charge in [0.25, 0.3) is 0 Å². The van der Waals surface area contributed by atoms with Crippen molar-refractivity contribution in [2.75, 3.05) is 0 Å². The number of rotatable bonds is 3. The van der Waals surface area contributed by atoms with Gasteiger partial charge in [-0.3, -0.25) is 0 Å². The SMILES string of the molecule is CC1=CC2C(S1)C1SC(C)=CC1C2C(C)(C)C1CCC(C(C)C)C1. The maximum atomic E-state index is 2.65. The van der Waals surface area contributed by atoms with Gasteiger partial charge in [0.05, 0.1) is 0 Å². The Morgan fingerprint density at radius 2 is 1.50 bits per heavy atom. The molecule has 6 atom stereocenters. The van der Waals surface area contributed by atoms with Crippen LogP contribution in [0.15, 0.2) is 22.0 Å². The molecule has 0 aromatic rings. The summed E-state index contributed by atoms with van der Waals surface area (Å²) in [4.78, 5) is 3.17. The zero-order chi connectivity index (χ0) is 17.2. The Kier molecular flexibility index (Phi) is 4.48. The zero-order valence-electron chi connectivity index (χ0n) is 16.2. The van der Waals surface area contributed by atoms with Gasteiger partial charge in [-0.1, -0.05) is 39.8 Å². The first-order valence-electron chi connectivity index (χ1n) is 9.99. The summed E-state index contributed by atoms with van der Waals surface area (Å²) >= 11 is 4.38. The lowest BCUT2D eigenvalue weighted by molar-refractivity contribution is 0.0780. The van der Waals surface area contributed by atoms with E-state index in [1.165, 1.54) is 19.3 Å². The Balaban J connectivity index is 1.63. The lowest BCUT2D eigenvalue weighted by atomic mass is 9.62. The highest BCUT2D eigenvalue weighted by atomic mass is 32.2. The molecule has 0 nitrogen and oxygen atoms in total. The van der Waals surface area contributed by atoms with Gasteiger partial charge in [0.2, 0.25) is 0 Å². The zero-order valence-corrected chi connectivity index (χ0v) is 17.8. The van der Waals surface area contributed by atoms with Gasteiger partial charge in [-0.15, -0.1) is 23.5 Å². The largest absolute Gasteiger partial charge is 0.126 e. The molecule has 2 heterocycles. The van der Waals surface area contributed by atoms with Crippen molar-refractivity contribution < 1.29 is 0 Å². The Morgan fingerprint density at radius 1 is 0.958 bits per heavy atom. The molecule has 0 radical (unpaired) electrons. The van der Waals surface area contributed by atoms with Gasteiger partial charge in [-0.05, 0) is 83.8 Å². The lowest BCUT2D eigenvalue weighted by Crippen LogP contribution is -2.37. The molecule has 0 aromatic carbocycles. The quantitative estimate of drug-likeness (QED) is 0.531. The van der Waals surface area contributed by atoms with E-state index >= 15 is 0 Å². The second-order valence-electron chi connectivity index (χ2n) is 9.74. The van der Waals surface area contributed by atoms with Crippen molar-refractivity contribution in [1.29, 1.82) is 0 Å². The normalized spacial score (nSPS) is 44.7. The first-order valence-corrected chi connectivity index (χ1v) is 11.7. The second-order valence-corrected chi connectivity index (χ2v) is 12.6. The highest BCUT2D eigenvalue weighted by molar-refractivity contribution is 8.07. The van der Waals surface area contributed by atoms with Gasteiger partial charge < -0.3 is 0 Å². The second kappa shape index (κ2) is 6.12. The highest BCUT2D eigenvalue weighted by Crippen LogP contribution is 2.65. The smallest absolute Gasteiger partial charge is 0.0285 e. The highest BCUT2D eigenvalue weighted by Gasteiger charge is 2.59. The maximum Gasteiger partial charge on any atom is 0.0285 e. The van der Waals surface area contributed by atoms with Gasteiger partial charge in [0.15, 0.2) is 0 Å². The third kappa shape index (κ3) is 2.66. The molecule has 2 fully saturated rings. The van der Waals surface area contributed by atoms with E-state index in [1.54, 1.807) is 9.81 Å². The van der Waals surface area contributed by atoms with Crippen LogP contribution in [-0.2, 0) is 0 Å². The van der Waals surface area contributed by atoms with E-state index in [4.69, 9.17) is 0 Å². The van der Waals surface area contributed by atoms with Crippen molar-refractivity contribution >= 4 is 23.5 Å². The lowest BCUT2D eigenvalue weighted by Gasteiger charge is -2.42. The Labute approximate surface area is 157 Å². The van der Waals surface area contributed by atoms with E-state index in [0.717, 1.165) is 46.0 Å². The molecule has 6 unspecified atom stereocenters. The van der Waals surface area contributed by atoms with Crippen LogP contribution in [0.25, 0.3) is 0 Å². The Morgan fingerprint density at radius 3 is 1.96 bits per heavy atom. The van der Waals surface area contributed by atoms with Crippen LogP contribution in [-0.4, -0.2) is 10.5 Å². The summed E-state index contributed by atoms with van der Waals surface area (Å²) in [7, 11) is 0. The fourth-order valence-electron chi connectivity index (χ4n) is 6.40. The standard InChI is InChI=1S/C22H34S2/c1-12(2)15-7-8-16(11-15)22(5,6)19-17-9-13(3)23-20(17)21-18(19)10-14(4)24-21/h9-10,12,15-21H,7-8,11H2,1-6H3. The first-order chi connectivity index (χ1) is 11.3. The van der Waals surface area contributed by atoms with Gasteiger partial charge in [-0.25, -0.2) is 0 Å². The fraction of sp³-hybridized carbons (Fsp3) is 0.818. The third-order valence-corrected chi connectivity index (χ3v) is 10.7. The third-order valence-electron chi connectivity index (χ3n) is 7.74. The molecule has 2 aliphatic carbocycles. The maximum absolute atomic E-state index is 2.65. The van der Waals surface area contributed by atoms with Crippen LogP contribution in [0.3, 0.4) is 0 Å². The molecule has 0 N–H and O–H groups in total. The number of thioether (sulfide) groups is 2. The minimum absolute atomic E-state index is 0.468. The molecular formula is C22H34S2. The molecular weight excluding hydrogens is 328 g/mol. The summed E-state index contributed by atoms with van der Waals surface area (Å²) in [6.45, 7) is 14.8. The first kappa shape index (κ1) is 17.6. The molecule has 2 aliphatic heterocycles. The Hall–Kier alpha value is 0.180. The van der Waals surface area contributed by atoms with Crippen LogP contribution in [0.1, 0.15) is 60.8 Å². The molecule has 0 saturated heterocycles. The average Bonchev–Trinajstić information content (AvgIpc) is 3.19. The van der Waals surface area contributed by atoms with Crippen molar-refractivity contribution in [2.24, 2.45) is 40.9 Å². The molecule has 0 aromatic heterocycles. The summed E-state index contributed by atoms with van der Waals surface area (Å²) in [5, 5.41) is 1.67. The summed E-state index contributed by atoms with van der Waals surface area (Å²) in [5.41, 5.74) is 0.468. The van der Waals surface area contributed by atoms with Crippen molar-refractivity contribution in [3.05, 3.63) is 22.0 Å². The number of allylic oxidation sites excluding steroid dienone is 4. The van der Waals surface area contributed by atoms with Crippen molar-refractivity contribution in [1.82, 2.24) is 0 Å². The minimum atomic E-state index is 0.468. The monoisotopic (exact) mass is 362 g/mol. The summed E-state index contributed by atoms with van der Waals surface area (Å²) < 4.78 is 0. The molecule has 0 amide bonds. The number of fused-ring (bicyclic) bond motifs is 3. The van der Waals surface area contributed by atoms with Crippen LogP contribution >= 0.6 is 23.5 Å². The number of hydrogen-bond acceptors (Lipinski definition) is 2. The summed E-state index contributed by atoms with van der Waals surface area (Å²) in [6.07, 6.45) is 9.71. The van der Waals surface area contributed by atoms with E-state index in [0.29, 0.717) is 5.41 Å². The van der Waals surface area contributed by atoms with E-state index in [-0.39, 0.29) is 0 Å². The van der Waals surface area contributed by atoms with Gasteiger partial charge in [-0.2, -0.15) is 0 Å². The predicted octanol–water partition coefficient (Wildman–Crippen LogP) is 6.99. The molecule has 0 spiro atoms. The van der Waals surface area contributed by atoms with Gasteiger partial charge in [0, 0.05) is 10.5 Å². The Bertz CT molecular complexity index is 539. The molecule has 2 heteroatoms.